The molecule has 1 saturated heterocycles. The Hall–Kier alpha value is -3.65. The smallest absolute Gasteiger partial charge is 0.170 e. The molecule has 2 aromatic carbocycles. The van der Waals surface area contributed by atoms with Crippen LogP contribution in [0.4, 0.5) is 4.39 Å². The Morgan fingerprint density at radius 1 is 1.00 bits per heavy atom. The van der Waals surface area contributed by atoms with Crippen molar-refractivity contribution in [3.8, 4) is 5.69 Å². The van der Waals surface area contributed by atoms with Crippen LogP contribution >= 0.6 is 0 Å². The second kappa shape index (κ2) is 7.80. The standard InChI is InChI=1S/C24H22FN7/c25-19-10-8-17(9-11-19)14-30-12-4-5-18(15-30)22-28-24-21-13-27-32(20-6-2-1-3-7-20)23(21)26-16-31(24)29-22/h1-3,6-11,13,16,18H,4-5,12,14-15H2/t18-/m0/s1. The third-order valence-corrected chi connectivity index (χ3v) is 6.11. The number of nitrogens with zero attached hydrogens (tertiary/aromatic N) is 7. The Balaban J connectivity index is 1.29. The minimum Gasteiger partial charge on any atom is -0.298 e. The molecule has 7 nitrogen and oxygen atoms in total. The van der Waals surface area contributed by atoms with Gasteiger partial charge in [-0.2, -0.15) is 5.10 Å². The summed E-state index contributed by atoms with van der Waals surface area (Å²) in [6, 6.07) is 16.7. The van der Waals surface area contributed by atoms with Gasteiger partial charge in [0.2, 0.25) is 0 Å². The second-order valence-corrected chi connectivity index (χ2v) is 8.31. The monoisotopic (exact) mass is 427 g/mol. The van der Waals surface area contributed by atoms with Gasteiger partial charge in [-0.25, -0.2) is 23.6 Å². The van der Waals surface area contributed by atoms with Crippen molar-refractivity contribution in [2.75, 3.05) is 13.1 Å². The van der Waals surface area contributed by atoms with Crippen molar-refractivity contribution in [1.29, 1.82) is 0 Å². The van der Waals surface area contributed by atoms with Crippen LogP contribution in [0.25, 0.3) is 22.4 Å². The van der Waals surface area contributed by atoms with Gasteiger partial charge in [-0.1, -0.05) is 30.3 Å². The van der Waals surface area contributed by atoms with Gasteiger partial charge in [0, 0.05) is 19.0 Å². The van der Waals surface area contributed by atoms with Gasteiger partial charge in [0.15, 0.2) is 17.1 Å². The maximum atomic E-state index is 13.2. The number of para-hydroxylation sites is 1. The van der Waals surface area contributed by atoms with Gasteiger partial charge >= 0.3 is 0 Å². The van der Waals surface area contributed by atoms with E-state index in [9.17, 15) is 4.39 Å². The summed E-state index contributed by atoms with van der Waals surface area (Å²) in [4.78, 5) is 11.9. The molecule has 6 rings (SSSR count). The minimum atomic E-state index is -0.199. The van der Waals surface area contributed by atoms with Crippen LogP contribution in [0.3, 0.4) is 0 Å². The number of rotatable bonds is 4. The molecule has 1 fully saturated rings. The number of aromatic nitrogens is 6. The molecule has 0 saturated carbocycles. The van der Waals surface area contributed by atoms with Crippen LogP contribution in [0.5, 0.6) is 0 Å². The molecule has 3 aromatic heterocycles. The maximum absolute atomic E-state index is 13.2. The second-order valence-electron chi connectivity index (χ2n) is 8.31. The van der Waals surface area contributed by atoms with E-state index < -0.39 is 0 Å². The van der Waals surface area contributed by atoms with Crippen molar-refractivity contribution in [3.63, 3.8) is 0 Å². The first-order valence-electron chi connectivity index (χ1n) is 10.9. The molecule has 32 heavy (non-hydrogen) atoms. The van der Waals surface area contributed by atoms with E-state index in [0.29, 0.717) is 0 Å². The molecule has 1 aliphatic heterocycles. The molecular formula is C24H22FN7. The van der Waals surface area contributed by atoms with Gasteiger partial charge in [-0.15, -0.1) is 5.10 Å². The van der Waals surface area contributed by atoms with Crippen molar-refractivity contribution in [2.45, 2.75) is 25.3 Å². The van der Waals surface area contributed by atoms with Crippen molar-refractivity contribution in [2.24, 2.45) is 0 Å². The van der Waals surface area contributed by atoms with Crippen LogP contribution in [0.15, 0.2) is 67.1 Å². The topological polar surface area (TPSA) is 64.1 Å². The molecule has 0 bridgehead atoms. The predicted molar refractivity (Wildman–Crippen MR) is 119 cm³/mol. The molecule has 5 aromatic rings. The van der Waals surface area contributed by atoms with E-state index in [-0.39, 0.29) is 11.7 Å². The van der Waals surface area contributed by atoms with E-state index in [0.717, 1.165) is 66.2 Å². The third kappa shape index (κ3) is 3.42. The minimum absolute atomic E-state index is 0.199. The molecule has 8 heteroatoms. The van der Waals surface area contributed by atoms with Crippen LogP contribution in [0.1, 0.15) is 30.1 Å². The lowest BCUT2D eigenvalue weighted by Crippen LogP contribution is -2.34. The first-order valence-corrected chi connectivity index (χ1v) is 10.9. The van der Waals surface area contributed by atoms with Gasteiger partial charge in [0.05, 0.1) is 17.3 Å². The van der Waals surface area contributed by atoms with Gasteiger partial charge in [0.1, 0.15) is 12.1 Å². The molecule has 0 N–H and O–H groups in total. The first kappa shape index (κ1) is 19.1. The van der Waals surface area contributed by atoms with E-state index in [1.54, 1.807) is 10.8 Å². The quantitative estimate of drug-likeness (QED) is 0.434. The lowest BCUT2D eigenvalue weighted by Gasteiger charge is -2.31. The van der Waals surface area contributed by atoms with Crippen LogP contribution in [-0.2, 0) is 6.54 Å². The first-order chi connectivity index (χ1) is 15.7. The van der Waals surface area contributed by atoms with Crippen molar-refractivity contribution in [3.05, 3.63) is 84.3 Å². The van der Waals surface area contributed by atoms with Gasteiger partial charge in [0.25, 0.3) is 0 Å². The Kier molecular flexibility index (Phi) is 4.65. The summed E-state index contributed by atoms with van der Waals surface area (Å²) in [5, 5.41) is 10.2. The number of halogens is 1. The Morgan fingerprint density at radius 2 is 1.84 bits per heavy atom. The van der Waals surface area contributed by atoms with Gasteiger partial charge in [-0.3, -0.25) is 4.90 Å². The average Bonchev–Trinajstić information content (AvgIpc) is 3.45. The molecule has 1 atom stereocenters. The van der Waals surface area contributed by atoms with Gasteiger partial charge in [-0.05, 0) is 49.2 Å². The molecular weight excluding hydrogens is 405 g/mol. The molecule has 0 amide bonds. The molecule has 160 valence electrons. The third-order valence-electron chi connectivity index (χ3n) is 6.11. The lowest BCUT2D eigenvalue weighted by molar-refractivity contribution is 0.196. The lowest BCUT2D eigenvalue weighted by atomic mass is 9.97. The zero-order chi connectivity index (χ0) is 21.5. The summed E-state index contributed by atoms with van der Waals surface area (Å²) >= 11 is 0. The van der Waals surface area contributed by atoms with E-state index in [4.69, 9.17) is 10.1 Å². The zero-order valence-electron chi connectivity index (χ0n) is 17.5. The fraction of sp³-hybridized carbons (Fsp3) is 0.250. The number of fused-ring (bicyclic) bond motifs is 3. The largest absolute Gasteiger partial charge is 0.298 e. The van der Waals surface area contributed by atoms with E-state index in [1.807, 2.05) is 53.3 Å². The van der Waals surface area contributed by atoms with Crippen LogP contribution in [-0.4, -0.2) is 47.4 Å². The summed E-state index contributed by atoms with van der Waals surface area (Å²) in [5.74, 6) is 0.897. The van der Waals surface area contributed by atoms with E-state index >= 15 is 0 Å². The Bertz CT molecular complexity index is 1370. The number of likely N-dealkylation sites (tertiary alicyclic amines) is 1. The summed E-state index contributed by atoms with van der Waals surface area (Å²) in [6.07, 6.45) is 5.66. The molecule has 0 spiro atoms. The highest BCUT2D eigenvalue weighted by molar-refractivity contribution is 5.89. The maximum Gasteiger partial charge on any atom is 0.170 e. The molecule has 1 aliphatic rings. The van der Waals surface area contributed by atoms with Crippen molar-refractivity contribution >= 4 is 16.7 Å². The van der Waals surface area contributed by atoms with Crippen LogP contribution in [0.2, 0.25) is 0 Å². The van der Waals surface area contributed by atoms with E-state index in [2.05, 4.69) is 15.0 Å². The van der Waals surface area contributed by atoms with E-state index in [1.165, 1.54) is 12.1 Å². The zero-order valence-corrected chi connectivity index (χ0v) is 17.5. The molecule has 0 radical (unpaired) electrons. The molecule has 4 heterocycles. The summed E-state index contributed by atoms with van der Waals surface area (Å²) in [6.45, 7) is 2.71. The highest BCUT2D eigenvalue weighted by Crippen LogP contribution is 2.27. The Labute approximate surface area is 184 Å². The summed E-state index contributed by atoms with van der Waals surface area (Å²) in [5.41, 5.74) is 3.63. The molecule has 0 unspecified atom stereocenters. The fourth-order valence-electron chi connectivity index (χ4n) is 4.53. The number of benzene rings is 2. The van der Waals surface area contributed by atoms with Crippen molar-refractivity contribution in [1.82, 2.24) is 34.3 Å². The normalized spacial score (nSPS) is 17.3. The van der Waals surface area contributed by atoms with Crippen LogP contribution in [0, 0.1) is 5.82 Å². The number of piperidine rings is 1. The van der Waals surface area contributed by atoms with Crippen LogP contribution < -0.4 is 0 Å². The van der Waals surface area contributed by atoms with Crippen molar-refractivity contribution < 1.29 is 4.39 Å². The number of hydrogen-bond acceptors (Lipinski definition) is 5. The fourth-order valence-corrected chi connectivity index (χ4v) is 4.53. The number of hydrogen-bond donors (Lipinski definition) is 0. The highest BCUT2D eigenvalue weighted by Gasteiger charge is 2.25. The SMILES string of the molecule is Fc1ccc(CN2CCC[C@H](c3nc4c5cnn(-c6ccccc6)c5ncn4n3)C2)cc1. The summed E-state index contributed by atoms with van der Waals surface area (Å²) in [7, 11) is 0. The average molecular weight is 427 g/mol. The Morgan fingerprint density at radius 3 is 2.69 bits per heavy atom. The molecule has 0 aliphatic carbocycles. The summed E-state index contributed by atoms with van der Waals surface area (Å²) < 4.78 is 16.8. The predicted octanol–water partition coefficient (Wildman–Crippen LogP) is 3.98. The highest BCUT2D eigenvalue weighted by atomic mass is 19.1. The van der Waals surface area contributed by atoms with Gasteiger partial charge < -0.3 is 0 Å².